The zero-order chi connectivity index (χ0) is 17.8. The fraction of sp³-hybridized carbons (Fsp3) is 0.158. The maximum absolute atomic E-state index is 13.7. The summed E-state index contributed by atoms with van der Waals surface area (Å²) in [5.74, 6) is 2.56. The van der Waals surface area contributed by atoms with Crippen LogP contribution in [0.1, 0.15) is 11.1 Å². The molecule has 1 aromatic heterocycles. The van der Waals surface area contributed by atoms with Crippen LogP contribution in [0.15, 0.2) is 54.9 Å². The molecule has 2 aromatic carbocycles. The Morgan fingerprint density at radius 3 is 2.50 bits per heavy atom. The van der Waals surface area contributed by atoms with Gasteiger partial charge in [0.15, 0.2) is 11.5 Å². The van der Waals surface area contributed by atoms with E-state index in [4.69, 9.17) is 9.47 Å². The summed E-state index contributed by atoms with van der Waals surface area (Å²) < 4.78 is 24.4. The molecule has 0 fully saturated rings. The average Bonchev–Trinajstić information content (AvgIpc) is 3.14. The van der Waals surface area contributed by atoms with E-state index in [0.29, 0.717) is 30.3 Å². The van der Waals surface area contributed by atoms with Crippen LogP contribution in [0.25, 0.3) is 0 Å². The molecule has 26 heavy (non-hydrogen) atoms. The standard InChI is InChI=1S/C19H17FN4O2/c20-15-4-2-1-3-14(15)10-22-19-8-18(23-11-24-19)21-9-13-5-6-16-17(7-13)26-12-25-16/h1-8,11H,9-10,12H2,(H2,21,22,23,24). The molecule has 1 aliphatic heterocycles. The van der Waals surface area contributed by atoms with E-state index >= 15 is 0 Å². The molecule has 0 unspecified atom stereocenters. The second-order valence-corrected chi connectivity index (χ2v) is 5.77. The summed E-state index contributed by atoms with van der Waals surface area (Å²) in [6.07, 6.45) is 1.46. The molecule has 0 amide bonds. The Labute approximate surface area is 150 Å². The number of nitrogens with one attached hydrogen (secondary N) is 2. The number of ether oxygens (including phenoxy) is 2. The molecular weight excluding hydrogens is 335 g/mol. The van der Waals surface area contributed by atoms with Gasteiger partial charge in [-0.1, -0.05) is 24.3 Å². The predicted octanol–water partition coefficient (Wildman–Crippen LogP) is 3.57. The van der Waals surface area contributed by atoms with Gasteiger partial charge in [-0.3, -0.25) is 0 Å². The van der Waals surface area contributed by atoms with Crippen LogP contribution in [-0.4, -0.2) is 16.8 Å². The van der Waals surface area contributed by atoms with Crippen LogP contribution in [-0.2, 0) is 13.1 Å². The van der Waals surface area contributed by atoms with Gasteiger partial charge in [0.25, 0.3) is 0 Å². The lowest BCUT2D eigenvalue weighted by Gasteiger charge is -2.09. The quantitative estimate of drug-likeness (QED) is 0.707. The van der Waals surface area contributed by atoms with Crippen molar-refractivity contribution in [3.05, 3.63) is 71.8 Å². The van der Waals surface area contributed by atoms with Crippen molar-refractivity contribution < 1.29 is 13.9 Å². The summed E-state index contributed by atoms with van der Waals surface area (Å²) >= 11 is 0. The van der Waals surface area contributed by atoms with E-state index in [9.17, 15) is 4.39 Å². The van der Waals surface area contributed by atoms with Gasteiger partial charge in [-0.15, -0.1) is 0 Å². The molecule has 4 rings (SSSR count). The number of hydrogen-bond acceptors (Lipinski definition) is 6. The minimum Gasteiger partial charge on any atom is -0.454 e. The predicted molar refractivity (Wildman–Crippen MR) is 95.7 cm³/mol. The van der Waals surface area contributed by atoms with Crippen LogP contribution >= 0.6 is 0 Å². The molecule has 1 aliphatic rings. The number of halogens is 1. The lowest BCUT2D eigenvalue weighted by Crippen LogP contribution is -2.06. The van der Waals surface area contributed by atoms with E-state index < -0.39 is 0 Å². The summed E-state index contributed by atoms with van der Waals surface area (Å²) in [6.45, 7) is 1.20. The lowest BCUT2D eigenvalue weighted by molar-refractivity contribution is 0.174. The highest BCUT2D eigenvalue weighted by molar-refractivity contribution is 5.49. The van der Waals surface area contributed by atoms with Crippen molar-refractivity contribution in [3.8, 4) is 11.5 Å². The maximum atomic E-state index is 13.7. The van der Waals surface area contributed by atoms with Crippen LogP contribution < -0.4 is 20.1 Å². The number of anilines is 2. The number of fused-ring (bicyclic) bond motifs is 1. The molecular formula is C19H17FN4O2. The highest BCUT2D eigenvalue weighted by Gasteiger charge is 2.13. The van der Waals surface area contributed by atoms with Crippen LogP contribution in [0.5, 0.6) is 11.5 Å². The van der Waals surface area contributed by atoms with Crippen molar-refractivity contribution in [2.75, 3.05) is 17.4 Å². The fourth-order valence-corrected chi connectivity index (χ4v) is 2.62. The molecule has 7 heteroatoms. The summed E-state index contributed by atoms with van der Waals surface area (Å²) in [6, 6.07) is 14.2. The lowest BCUT2D eigenvalue weighted by atomic mass is 10.2. The van der Waals surface area contributed by atoms with Gasteiger partial charge < -0.3 is 20.1 Å². The Balaban J connectivity index is 1.37. The molecule has 0 aliphatic carbocycles. The number of hydrogen-bond donors (Lipinski definition) is 2. The van der Waals surface area contributed by atoms with Crippen molar-refractivity contribution in [2.45, 2.75) is 13.1 Å². The average molecular weight is 352 g/mol. The van der Waals surface area contributed by atoms with Crippen LogP contribution in [0.2, 0.25) is 0 Å². The fourth-order valence-electron chi connectivity index (χ4n) is 2.62. The minimum absolute atomic E-state index is 0.241. The molecule has 6 nitrogen and oxygen atoms in total. The van der Waals surface area contributed by atoms with Crippen LogP contribution in [0, 0.1) is 5.82 Å². The molecule has 2 heterocycles. The van der Waals surface area contributed by atoms with Gasteiger partial charge in [0.1, 0.15) is 23.8 Å². The summed E-state index contributed by atoms with van der Waals surface area (Å²) in [7, 11) is 0. The van der Waals surface area contributed by atoms with E-state index in [1.807, 2.05) is 18.2 Å². The third-order valence-electron chi connectivity index (χ3n) is 4.00. The Hall–Kier alpha value is -3.35. The summed E-state index contributed by atoms with van der Waals surface area (Å²) in [5, 5.41) is 6.35. The van der Waals surface area contributed by atoms with Gasteiger partial charge >= 0.3 is 0 Å². The Bertz CT molecular complexity index is 920. The molecule has 0 saturated heterocycles. The van der Waals surface area contributed by atoms with Crippen LogP contribution in [0.4, 0.5) is 16.0 Å². The number of nitrogens with zero attached hydrogens (tertiary/aromatic N) is 2. The Kier molecular flexibility index (Phi) is 4.51. The van der Waals surface area contributed by atoms with E-state index in [2.05, 4.69) is 20.6 Å². The van der Waals surface area contributed by atoms with E-state index in [1.165, 1.54) is 12.4 Å². The zero-order valence-corrected chi connectivity index (χ0v) is 13.9. The first-order chi connectivity index (χ1) is 12.8. The SMILES string of the molecule is Fc1ccccc1CNc1cc(NCc2ccc3c(c2)OCO3)ncn1. The van der Waals surface area contributed by atoms with Crippen molar-refractivity contribution in [1.29, 1.82) is 0 Å². The van der Waals surface area contributed by atoms with Gasteiger partial charge in [0, 0.05) is 24.7 Å². The van der Waals surface area contributed by atoms with Gasteiger partial charge in [-0.05, 0) is 23.8 Å². The van der Waals surface area contributed by atoms with E-state index in [-0.39, 0.29) is 12.6 Å². The Morgan fingerprint density at radius 1 is 0.885 bits per heavy atom. The molecule has 0 spiro atoms. The first-order valence-electron chi connectivity index (χ1n) is 8.20. The first-order valence-corrected chi connectivity index (χ1v) is 8.20. The smallest absolute Gasteiger partial charge is 0.231 e. The monoisotopic (exact) mass is 352 g/mol. The van der Waals surface area contributed by atoms with Gasteiger partial charge in [0.05, 0.1) is 0 Å². The van der Waals surface area contributed by atoms with Gasteiger partial charge in [0.2, 0.25) is 6.79 Å². The Morgan fingerprint density at radius 2 is 1.65 bits per heavy atom. The minimum atomic E-state index is -0.241. The molecule has 0 saturated carbocycles. The van der Waals surface area contributed by atoms with Crippen molar-refractivity contribution in [1.82, 2.24) is 9.97 Å². The van der Waals surface area contributed by atoms with Gasteiger partial charge in [-0.2, -0.15) is 0 Å². The third-order valence-corrected chi connectivity index (χ3v) is 4.00. The van der Waals surface area contributed by atoms with E-state index in [0.717, 1.165) is 17.1 Å². The summed E-state index contributed by atoms with van der Waals surface area (Å²) in [5.41, 5.74) is 1.63. The first kappa shape index (κ1) is 16.1. The molecule has 132 valence electrons. The number of benzene rings is 2. The molecule has 0 bridgehead atoms. The molecule has 0 atom stereocenters. The van der Waals surface area contributed by atoms with Crippen LogP contribution in [0.3, 0.4) is 0 Å². The summed E-state index contributed by atoms with van der Waals surface area (Å²) in [4.78, 5) is 8.37. The topological polar surface area (TPSA) is 68.3 Å². The van der Waals surface area contributed by atoms with Gasteiger partial charge in [-0.25, -0.2) is 14.4 Å². The third kappa shape index (κ3) is 3.66. The zero-order valence-electron chi connectivity index (χ0n) is 13.9. The normalized spacial score (nSPS) is 12.0. The molecule has 0 radical (unpaired) electrons. The second kappa shape index (κ2) is 7.26. The van der Waals surface area contributed by atoms with Crippen molar-refractivity contribution in [3.63, 3.8) is 0 Å². The molecule has 3 aromatic rings. The van der Waals surface area contributed by atoms with Crippen molar-refractivity contribution in [2.24, 2.45) is 0 Å². The number of aromatic nitrogens is 2. The highest BCUT2D eigenvalue weighted by Crippen LogP contribution is 2.32. The second-order valence-electron chi connectivity index (χ2n) is 5.77. The highest BCUT2D eigenvalue weighted by atomic mass is 19.1. The number of rotatable bonds is 6. The molecule has 2 N–H and O–H groups in total. The van der Waals surface area contributed by atoms with Crippen molar-refractivity contribution >= 4 is 11.6 Å². The maximum Gasteiger partial charge on any atom is 0.231 e. The largest absolute Gasteiger partial charge is 0.454 e. The van der Waals surface area contributed by atoms with E-state index in [1.54, 1.807) is 24.3 Å².